The smallest absolute Gasteiger partial charge is 0.250 e. The lowest BCUT2D eigenvalue weighted by Crippen LogP contribution is -2.12. The average Bonchev–Trinajstić information content (AvgIpc) is 2.86. The molecule has 4 nitrogen and oxygen atoms in total. The van der Waals surface area contributed by atoms with Crippen molar-refractivity contribution in [1.29, 1.82) is 0 Å². The van der Waals surface area contributed by atoms with E-state index in [1.807, 2.05) is 6.07 Å². The third-order valence-electron chi connectivity index (χ3n) is 3.02. The van der Waals surface area contributed by atoms with Crippen molar-refractivity contribution in [2.45, 2.75) is 26.4 Å². The van der Waals surface area contributed by atoms with Crippen LogP contribution in [0.1, 0.15) is 29.3 Å². The second kappa shape index (κ2) is 6.48. The Morgan fingerprint density at radius 3 is 2.90 bits per heavy atom. The number of halogens is 1. The molecule has 0 radical (unpaired) electrons. The molecule has 0 saturated carbocycles. The molecule has 106 valence electrons. The zero-order valence-electron chi connectivity index (χ0n) is 11.4. The molecule has 2 rings (SSSR count). The molecule has 0 saturated heterocycles. The summed E-state index contributed by atoms with van der Waals surface area (Å²) in [6, 6.07) is 7.26. The lowest BCUT2D eigenvalue weighted by Gasteiger charge is -2.07. The summed E-state index contributed by atoms with van der Waals surface area (Å²) < 4.78 is 2.16. The van der Waals surface area contributed by atoms with Crippen molar-refractivity contribution in [3.05, 3.63) is 52.8 Å². The number of nitrogens with zero attached hydrogens (tertiary/aromatic N) is 1. The van der Waals surface area contributed by atoms with Gasteiger partial charge in [-0.2, -0.15) is 0 Å². The molecule has 3 N–H and O–H groups in total. The minimum Gasteiger partial charge on any atom is -0.381 e. The topological polar surface area (TPSA) is 60.1 Å². The number of amides is 1. The van der Waals surface area contributed by atoms with Crippen LogP contribution in [-0.2, 0) is 13.1 Å². The highest BCUT2D eigenvalue weighted by molar-refractivity contribution is 6.33. The van der Waals surface area contributed by atoms with Crippen LogP contribution in [0.5, 0.6) is 0 Å². The van der Waals surface area contributed by atoms with Crippen LogP contribution in [0.15, 0.2) is 36.7 Å². The number of hydrogen-bond acceptors (Lipinski definition) is 2. The Bertz CT molecular complexity index is 607. The Morgan fingerprint density at radius 1 is 1.40 bits per heavy atom. The zero-order chi connectivity index (χ0) is 14.5. The van der Waals surface area contributed by atoms with Gasteiger partial charge in [0.25, 0.3) is 0 Å². The molecule has 0 spiro atoms. The van der Waals surface area contributed by atoms with E-state index in [4.69, 9.17) is 17.3 Å². The first-order valence-corrected chi connectivity index (χ1v) is 6.96. The highest BCUT2D eigenvalue weighted by atomic mass is 35.5. The van der Waals surface area contributed by atoms with Gasteiger partial charge >= 0.3 is 0 Å². The van der Waals surface area contributed by atoms with Gasteiger partial charge in [-0.3, -0.25) is 4.79 Å². The zero-order valence-corrected chi connectivity index (χ0v) is 12.2. The molecule has 0 atom stereocenters. The Kier molecular flexibility index (Phi) is 4.69. The second-order valence-electron chi connectivity index (χ2n) is 4.67. The number of carbonyl (C=O) groups is 1. The van der Waals surface area contributed by atoms with E-state index >= 15 is 0 Å². The highest BCUT2D eigenvalue weighted by Crippen LogP contribution is 2.20. The van der Waals surface area contributed by atoms with E-state index < -0.39 is 5.91 Å². The molecule has 0 unspecified atom stereocenters. The second-order valence-corrected chi connectivity index (χ2v) is 5.08. The van der Waals surface area contributed by atoms with E-state index in [1.165, 1.54) is 5.56 Å². The predicted molar refractivity (Wildman–Crippen MR) is 82.0 cm³/mol. The fourth-order valence-corrected chi connectivity index (χ4v) is 2.23. The molecule has 1 aromatic heterocycles. The Morgan fingerprint density at radius 2 is 2.20 bits per heavy atom. The van der Waals surface area contributed by atoms with Gasteiger partial charge in [-0.15, -0.1) is 0 Å². The fourth-order valence-electron chi connectivity index (χ4n) is 2.02. The normalized spacial score (nSPS) is 10.5. The molecule has 1 aromatic carbocycles. The summed E-state index contributed by atoms with van der Waals surface area (Å²) in [5.74, 6) is -0.521. The fraction of sp³-hybridized carbons (Fsp3) is 0.267. The number of benzene rings is 1. The summed E-state index contributed by atoms with van der Waals surface area (Å²) >= 11 is 5.91. The third kappa shape index (κ3) is 3.54. The summed E-state index contributed by atoms with van der Waals surface area (Å²) in [5, 5.41) is 3.63. The maximum atomic E-state index is 11.2. The predicted octanol–water partition coefficient (Wildman–Crippen LogP) is 3.26. The summed E-state index contributed by atoms with van der Waals surface area (Å²) in [4.78, 5) is 11.2. The van der Waals surface area contributed by atoms with Crippen LogP contribution in [0.25, 0.3) is 0 Å². The minimum absolute atomic E-state index is 0.334. The van der Waals surface area contributed by atoms with Gasteiger partial charge in [-0.1, -0.05) is 18.5 Å². The number of aryl methyl sites for hydroxylation is 1. The Balaban J connectivity index is 2.03. The molecular weight excluding hydrogens is 274 g/mol. The van der Waals surface area contributed by atoms with Crippen molar-refractivity contribution in [3.63, 3.8) is 0 Å². The summed E-state index contributed by atoms with van der Waals surface area (Å²) in [6.45, 7) is 3.86. The number of primary amides is 1. The van der Waals surface area contributed by atoms with Crippen molar-refractivity contribution >= 4 is 23.2 Å². The van der Waals surface area contributed by atoms with Crippen LogP contribution < -0.4 is 11.1 Å². The summed E-state index contributed by atoms with van der Waals surface area (Å²) in [5.41, 5.74) is 7.62. The van der Waals surface area contributed by atoms with E-state index in [2.05, 4.69) is 35.3 Å². The number of aromatic nitrogens is 1. The summed E-state index contributed by atoms with van der Waals surface area (Å²) in [7, 11) is 0. The quantitative estimate of drug-likeness (QED) is 0.858. The van der Waals surface area contributed by atoms with Crippen LogP contribution in [-0.4, -0.2) is 10.5 Å². The molecule has 1 heterocycles. The summed E-state index contributed by atoms with van der Waals surface area (Å²) in [6.07, 6.45) is 5.29. The van der Waals surface area contributed by atoms with Crippen LogP contribution in [0, 0.1) is 0 Å². The van der Waals surface area contributed by atoms with Gasteiger partial charge in [-0.05, 0) is 36.2 Å². The van der Waals surface area contributed by atoms with Crippen LogP contribution >= 0.6 is 11.6 Å². The van der Waals surface area contributed by atoms with Gasteiger partial charge < -0.3 is 15.6 Å². The van der Waals surface area contributed by atoms with Gasteiger partial charge in [0, 0.05) is 31.2 Å². The van der Waals surface area contributed by atoms with Crippen LogP contribution in [0.3, 0.4) is 0 Å². The van der Waals surface area contributed by atoms with E-state index in [9.17, 15) is 4.79 Å². The van der Waals surface area contributed by atoms with Gasteiger partial charge in [0.15, 0.2) is 0 Å². The van der Waals surface area contributed by atoms with E-state index in [1.54, 1.807) is 12.1 Å². The first-order chi connectivity index (χ1) is 9.60. The molecule has 0 aliphatic carbocycles. The van der Waals surface area contributed by atoms with Crippen molar-refractivity contribution in [3.8, 4) is 0 Å². The molecule has 0 aliphatic rings. The first kappa shape index (κ1) is 14.5. The number of anilines is 1. The molecule has 0 fully saturated rings. The SMILES string of the molecule is CCCn1ccc(CNc2ccc(Cl)c(C(N)=O)c2)c1. The lowest BCUT2D eigenvalue weighted by atomic mass is 10.2. The molecule has 1 amide bonds. The van der Waals surface area contributed by atoms with Crippen LogP contribution in [0.2, 0.25) is 5.02 Å². The number of rotatable bonds is 6. The monoisotopic (exact) mass is 291 g/mol. The van der Waals surface area contributed by atoms with E-state index in [0.717, 1.165) is 18.7 Å². The number of nitrogens with two attached hydrogens (primary N) is 1. The van der Waals surface area contributed by atoms with Crippen molar-refractivity contribution < 1.29 is 4.79 Å². The van der Waals surface area contributed by atoms with Crippen LogP contribution in [0.4, 0.5) is 5.69 Å². The van der Waals surface area contributed by atoms with E-state index in [0.29, 0.717) is 17.1 Å². The third-order valence-corrected chi connectivity index (χ3v) is 3.35. The van der Waals surface area contributed by atoms with Gasteiger partial charge in [0.1, 0.15) is 0 Å². The van der Waals surface area contributed by atoms with Crippen molar-refractivity contribution in [1.82, 2.24) is 4.57 Å². The number of hydrogen-bond donors (Lipinski definition) is 2. The number of carbonyl (C=O) groups excluding carboxylic acids is 1. The molecule has 2 aromatic rings. The standard InChI is InChI=1S/C15H18ClN3O/c1-2-6-19-7-5-11(10-19)9-18-12-3-4-14(16)13(8-12)15(17)20/h3-5,7-8,10,18H,2,6,9H2,1H3,(H2,17,20). The minimum atomic E-state index is -0.521. The van der Waals surface area contributed by atoms with E-state index in [-0.39, 0.29) is 0 Å². The van der Waals surface area contributed by atoms with Gasteiger partial charge in [0.05, 0.1) is 10.6 Å². The molecule has 0 bridgehead atoms. The average molecular weight is 292 g/mol. The largest absolute Gasteiger partial charge is 0.381 e. The molecular formula is C15H18ClN3O. The van der Waals surface area contributed by atoms with Crippen molar-refractivity contribution in [2.75, 3.05) is 5.32 Å². The lowest BCUT2D eigenvalue weighted by molar-refractivity contribution is 0.100. The maximum Gasteiger partial charge on any atom is 0.250 e. The Labute approximate surface area is 123 Å². The molecule has 5 heteroatoms. The van der Waals surface area contributed by atoms with Crippen molar-refractivity contribution in [2.24, 2.45) is 5.73 Å². The van der Waals surface area contributed by atoms with Gasteiger partial charge in [-0.25, -0.2) is 0 Å². The molecule has 20 heavy (non-hydrogen) atoms. The Hall–Kier alpha value is -1.94. The van der Waals surface area contributed by atoms with Gasteiger partial charge in [0.2, 0.25) is 5.91 Å². The molecule has 0 aliphatic heterocycles. The maximum absolute atomic E-state index is 11.2. The highest BCUT2D eigenvalue weighted by Gasteiger charge is 2.07. The first-order valence-electron chi connectivity index (χ1n) is 6.58. The number of nitrogens with one attached hydrogen (secondary N) is 1.